The minimum atomic E-state index is -3.35. The van der Waals surface area contributed by atoms with Gasteiger partial charge in [-0.2, -0.15) is 0 Å². The number of carbonyl (C=O) groups is 5. The number of benzene rings is 1. The van der Waals surface area contributed by atoms with E-state index in [0.717, 1.165) is 6.92 Å². The maximum atomic E-state index is 13.7. The predicted octanol–water partition coefficient (Wildman–Crippen LogP) is 0.535. The molecule has 1 aromatic carbocycles. The molecule has 0 aliphatic rings. The van der Waals surface area contributed by atoms with Crippen LogP contribution in [0.3, 0.4) is 0 Å². The van der Waals surface area contributed by atoms with Gasteiger partial charge in [0.05, 0.1) is 0 Å². The van der Waals surface area contributed by atoms with Gasteiger partial charge >= 0.3 is 12.1 Å². The fraction of sp³-hybridized carbons (Fsp3) is 0.476. The van der Waals surface area contributed by atoms with Crippen LogP contribution >= 0.6 is 0 Å². The van der Waals surface area contributed by atoms with Crippen LogP contribution in [0.2, 0.25) is 0 Å². The molecule has 0 saturated heterocycles. The third kappa shape index (κ3) is 8.30. The van der Waals surface area contributed by atoms with Gasteiger partial charge in [0.2, 0.25) is 11.8 Å². The standard InChI is InChI=1S/C21H28F2N4O7/c1-11(15(28)25-13(3)17(30)31)24-16(29)12(2)26-19(32)21(4,18(22)23)27-20(33)34-10-14-8-6-5-7-9-14/h5-9,11-13,18H,10H2,1-4H3,(H,24,29)(H,25,28)(H,26,32)(H,27,33)(H,30,31)/t11-,12-,13-,21?/m0/s1. The van der Waals surface area contributed by atoms with E-state index in [-0.39, 0.29) is 6.61 Å². The van der Waals surface area contributed by atoms with Gasteiger partial charge in [0.15, 0.2) is 5.54 Å². The number of alkyl carbamates (subject to hydrolysis) is 1. The Morgan fingerprint density at radius 2 is 1.41 bits per heavy atom. The Morgan fingerprint density at radius 1 is 0.912 bits per heavy atom. The van der Waals surface area contributed by atoms with E-state index < -0.39 is 59.9 Å². The van der Waals surface area contributed by atoms with Crippen molar-refractivity contribution in [2.75, 3.05) is 0 Å². The Labute approximate surface area is 194 Å². The van der Waals surface area contributed by atoms with Crippen molar-refractivity contribution < 1.29 is 42.6 Å². The summed E-state index contributed by atoms with van der Waals surface area (Å²) >= 11 is 0. The lowest BCUT2D eigenvalue weighted by Crippen LogP contribution is -2.64. The average molecular weight is 486 g/mol. The van der Waals surface area contributed by atoms with Crippen LogP contribution in [0, 0.1) is 0 Å². The normalized spacial score (nSPS) is 15.1. The van der Waals surface area contributed by atoms with Gasteiger partial charge in [-0.15, -0.1) is 0 Å². The van der Waals surface area contributed by atoms with Crippen molar-refractivity contribution in [3.8, 4) is 0 Å². The second-order valence-corrected chi connectivity index (χ2v) is 7.68. The van der Waals surface area contributed by atoms with Gasteiger partial charge in [-0.05, 0) is 33.3 Å². The molecule has 1 rings (SSSR count). The summed E-state index contributed by atoms with van der Waals surface area (Å²) in [7, 11) is 0. The number of nitrogens with one attached hydrogen (secondary N) is 4. The Kier molecular flexibility index (Phi) is 10.4. The quantitative estimate of drug-likeness (QED) is 0.305. The average Bonchev–Trinajstić information content (AvgIpc) is 2.77. The summed E-state index contributed by atoms with van der Waals surface area (Å²) in [6.45, 7) is 4.22. The Bertz CT molecular complexity index is 900. The molecular formula is C21H28F2N4O7. The molecule has 0 heterocycles. The highest BCUT2D eigenvalue weighted by molar-refractivity contribution is 5.95. The van der Waals surface area contributed by atoms with Gasteiger partial charge < -0.3 is 31.1 Å². The Balaban J connectivity index is 2.70. The van der Waals surface area contributed by atoms with Crippen LogP contribution in [-0.4, -0.2) is 65.0 Å². The predicted molar refractivity (Wildman–Crippen MR) is 115 cm³/mol. The van der Waals surface area contributed by atoms with Crippen LogP contribution in [0.1, 0.15) is 33.3 Å². The summed E-state index contributed by atoms with van der Waals surface area (Å²) in [5.74, 6) is -4.35. The molecule has 0 aliphatic carbocycles. The third-order valence-corrected chi connectivity index (χ3v) is 4.70. The molecule has 4 amide bonds. The number of halogens is 2. The fourth-order valence-corrected chi connectivity index (χ4v) is 2.40. The van der Waals surface area contributed by atoms with Crippen LogP contribution in [0.15, 0.2) is 30.3 Å². The molecule has 0 saturated carbocycles. The Morgan fingerprint density at radius 3 is 1.91 bits per heavy atom. The van der Waals surface area contributed by atoms with E-state index in [1.54, 1.807) is 30.3 Å². The minimum absolute atomic E-state index is 0.215. The first-order valence-electron chi connectivity index (χ1n) is 10.2. The molecule has 5 N–H and O–H groups in total. The van der Waals surface area contributed by atoms with Crippen molar-refractivity contribution in [2.24, 2.45) is 0 Å². The summed E-state index contributed by atoms with van der Waals surface area (Å²) in [5.41, 5.74) is -2.12. The number of carboxylic acids is 1. The second-order valence-electron chi connectivity index (χ2n) is 7.68. The number of aliphatic carboxylic acids is 1. The van der Waals surface area contributed by atoms with E-state index >= 15 is 0 Å². The van der Waals surface area contributed by atoms with Gasteiger partial charge in [0, 0.05) is 0 Å². The molecule has 0 radical (unpaired) electrons. The largest absolute Gasteiger partial charge is 0.480 e. The Hall–Kier alpha value is -3.77. The number of carbonyl (C=O) groups excluding carboxylic acids is 4. The monoisotopic (exact) mass is 486 g/mol. The second kappa shape index (κ2) is 12.5. The zero-order valence-electron chi connectivity index (χ0n) is 19.1. The lowest BCUT2D eigenvalue weighted by atomic mass is 10.0. The lowest BCUT2D eigenvalue weighted by molar-refractivity contribution is -0.141. The first-order valence-corrected chi connectivity index (χ1v) is 10.2. The highest BCUT2D eigenvalue weighted by Gasteiger charge is 2.45. The van der Waals surface area contributed by atoms with Gasteiger partial charge in [-0.1, -0.05) is 30.3 Å². The van der Waals surface area contributed by atoms with E-state index in [0.29, 0.717) is 5.56 Å². The third-order valence-electron chi connectivity index (χ3n) is 4.70. The number of hydrogen-bond acceptors (Lipinski definition) is 6. The molecule has 0 aliphatic heterocycles. The molecular weight excluding hydrogens is 458 g/mol. The molecule has 0 bridgehead atoms. The first-order chi connectivity index (χ1) is 15.8. The van der Waals surface area contributed by atoms with Crippen molar-refractivity contribution in [3.63, 3.8) is 0 Å². The zero-order chi connectivity index (χ0) is 26.1. The molecule has 0 aromatic heterocycles. The van der Waals surface area contributed by atoms with Gasteiger partial charge in [-0.3, -0.25) is 19.2 Å². The molecule has 34 heavy (non-hydrogen) atoms. The smallest absolute Gasteiger partial charge is 0.408 e. The van der Waals surface area contributed by atoms with Gasteiger partial charge in [-0.25, -0.2) is 13.6 Å². The van der Waals surface area contributed by atoms with E-state index in [1.807, 2.05) is 5.32 Å². The maximum absolute atomic E-state index is 13.7. The van der Waals surface area contributed by atoms with E-state index in [1.165, 1.54) is 20.8 Å². The molecule has 11 nitrogen and oxygen atoms in total. The molecule has 0 spiro atoms. The van der Waals surface area contributed by atoms with Crippen LogP contribution in [0.25, 0.3) is 0 Å². The molecule has 1 aromatic rings. The molecule has 4 atom stereocenters. The topological polar surface area (TPSA) is 163 Å². The van der Waals surface area contributed by atoms with Crippen molar-refractivity contribution in [3.05, 3.63) is 35.9 Å². The molecule has 13 heteroatoms. The lowest BCUT2D eigenvalue weighted by Gasteiger charge is -2.29. The van der Waals surface area contributed by atoms with E-state index in [2.05, 4.69) is 16.0 Å². The van der Waals surface area contributed by atoms with E-state index in [4.69, 9.17) is 9.84 Å². The number of hydrogen-bond donors (Lipinski definition) is 5. The van der Waals surface area contributed by atoms with Gasteiger partial charge in [0.25, 0.3) is 12.3 Å². The van der Waals surface area contributed by atoms with E-state index in [9.17, 15) is 32.8 Å². The minimum Gasteiger partial charge on any atom is -0.480 e. The van der Waals surface area contributed by atoms with Crippen molar-refractivity contribution in [1.29, 1.82) is 0 Å². The SMILES string of the molecule is C[C@H](NC(=O)[C@H](C)NC(=O)[C@H](C)NC(=O)C(C)(NC(=O)OCc1ccccc1)C(F)F)C(=O)O. The molecule has 188 valence electrons. The maximum Gasteiger partial charge on any atom is 0.408 e. The van der Waals surface area contributed by atoms with Gasteiger partial charge in [0.1, 0.15) is 24.7 Å². The summed E-state index contributed by atoms with van der Waals surface area (Å²) in [5, 5.41) is 17.1. The summed E-state index contributed by atoms with van der Waals surface area (Å²) in [6.07, 6.45) is -4.62. The summed E-state index contributed by atoms with van der Waals surface area (Å²) in [6, 6.07) is 4.66. The van der Waals surface area contributed by atoms with Crippen LogP contribution in [0.5, 0.6) is 0 Å². The van der Waals surface area contributed by atoms with Crippen LogP contribution < -0.4 is 21.3 Å². The zero-order valence-corrected chi connectivity index (χ0v) is 19.1. The number of alkyl halides is 2. The van der Waals surface area contributed by atoms with Crippen molar-refractivity contribution >= 4 is 29.8 Å². The number of rotatable bonds is 11. The summed E-state index contributed by atoms with van der Waals surface area (Å²) < 4.78 is 32.2. The van der Waals surface area contributed by atoms with Crippen LogP contribution in [-0.2, 0) is 30.5 Å². The fourth-order valence-electron chi connectivity index (χ4n) is 2.40. The number of ether oxygens (including phenoxy) is 1. The highest BCUT2D eigenvalue weighted by atomic mass is 19.3. The van der Waals surface area contributed by atoms with Crippen molar-refractivity contribution in [1.82, 2.24) is 21.3 Å². The number of carboxylic acid groups (broad SMARTS) is 1. The first kappa shape index (κ1) is 28.3. The molecule has 0 fully saturated rings. The van der Waals surface area contributed by atoms with Crippen molar-refractivity contribution in [2.45, 2.75) is 64.4 Å². The summed E-state index contributed by atoms with van der Waals surface area (Å²) in [4.78, 5) is 59.5. The highest BCUT2D eigenvalue weighted by Crippen LogP contribution is 2.17. The van der Waals surface area contributed by atoms with Crippen LogP contribution in [0.4, 0.5) is 13.6 Å². The number of amides is 4. The molecule has 1 unspecified atom stereocenters.